The number of phenols is 1. The molecule has 2 rings (SSSR count). The second kappa shape index (κ2) is 7.42. The van der Waals surface area contributed by atoms with Crippen molar-refractivity contribution in [1.82, 2.24) is 10.6 Å². The van der Waals surface area contributed by atoms with Crippen LogP contribution in [0.1, 0.15) is 24.9 Å². The molecule has 1 aromatic rings. The molecule has 0 spiro atoms. The molecule has 3 atom stereocenters. The number of esters is 1. The molecule has 6 nitrogen and oxygen atoms in total. The third-order valence-electron chi connectivity index (χ3n) is 3.62. The smallest absolute Gasteiger partial charge is 0.313 e. The number of ether oxygens (including phenoxy) is 1. The molecule has 1 aliphatic rings. The zero-order valence-electron chi connectivity index (χ0n) is 12.3. The average Bonchev–Trinajstić information content (AvgIpc) is 2.47. The summed E-state index contributed by atoms with van der Waals surface area (Å²) in [5, 5.41) is 25.4. The van der Waals surface area contributed by atoms with Crippen LogP contribution in [0.2, 0.25) is 0 Å². The number of hydrogen-bond donors (Lipinski definition) is 4. The summed E-state index contributed by atoms with van der Waals surface area (Å²) in [7, 11) is 0. The first-order chi connectivity index (χ1) is 10.6. The Hall–Kier alpha value is -1.86. The SMILES string of the molecule is CCOC(=O)C1C(CCO)NC(=S)NC1c1cccc(O)c1. The number of hydrogen-bond acceptors (Lipinski definition) is 5. The van der Waals surface area contributed by atoms with Crippen LogP contribution in [0, 0.1) is 5.92 Å². The number of carbonyl (C=O) groups excluding carboxylic acids is 1. The Balaban J connectivity index is 2.36. The van der Waals surface area contributed by atoms with Gasteiger partial charge in [-0.15, -0.1) is 0 Å². The number of carbonyl (C=O) groups is 1. The minimum absolute atomic E-state index is 0.0665. The van der Waals surface area contributed by atoms with Crippen LogP contribution in [0.15, 0.2) is 24.3 Å². The van der Waals surface area contributed by atoms with Gasteiger partial charge in [-0.3, -0.25) is 4.79 Å². The van der Waals surface area contributed by atoms with E-state index in [1.807, 2.05) is 6.07 Å². The largest absolute Gasteiger partial charge is 0.508 e. The second-order valence-corrected chi connectivity index (χ2v) is 5.50. The Morgan fingerprint density at radius 3 is 2.82 bits per heavy atom. The normalized spacial score (nSPS) is 24.3. The first-order valence-corrected chi connectivity index (χ1v) is 7.61. The molecular weight excluding hydrogens is 304 g/mol. The zero-order chi connectivity index (χ0) is 16.1. The Kier molecular flexibility index (Phi) is 5.57. The van der Waals surface area contributed by atoms with Gasteiger partial charge >= 0.3 is 5.97 Å². The van der Waals surface area contributed by atoms with E-state index < -0.39 is 12.0 Å². The maximum atomic E-state index is 12.4. The average molecular weight is 324 g/mol. The predicted octanol–water partition coefficient (Wildman–Crippen LogP) is 0.841. The second-order valence-electron chi connectivity index (χ2n) is 5.09. The van der Waals surface area contributed by atoms with Crippen LogP contribution < -0.4 is 10.6 Å². The highest BCUT2D eigenvalue weighted by Gasteiger charge is 2.41. The number of thiocarbonyl (C=S) groups is 1. The fraction of sp³-hybridized carbons (Fsp3) is 0.467. The lowest BCUT2D eigenvalue weighted by molar-refractivity contribution is -0.150. The van der Waals surface area contributed by atoms with Gasteiger partial charge in [-0.25, -0.2) is 0 Å². The first kappa shape index (κ1) is 16.5. The summed E-state index contributed by atoms with van der Waals surface area (Å²) in [6.07, 6.45) is 0.376. The van der Waals surface area contributed by atoms with Gasteiger partial charge in [0.05, 0.1) is 12.6 Å². The number of nitrogens with one attached hydrogen (secondary N) is 2. The molecule has 1 fully saturated rings. The quantitative estimate of drug-likeness (QED) is 0.471. The third-order valence-corrected chi connectivity index (χ3v) is 3.86. The summed E-state index contributed by atoms with van der Waals surface area (Å²) in [5.41, 5.74) is 0.741. The maximum Gasteiger partial charge on any atom is 0.313 e. The van der Waals surface area contributed by atoms with E-state index in [0.29, 0.717) is 11.5 Å². The Bertz CT molecular complexity index is 552. The summed E-state index contributed by atoms with van der Waals surface area (Å²) >= 11 is 5.19. The summed E-state index contributed by atoms with van der Waals surface area (Å²) in [4.78, 5) is 12.4. The minimum atomic E-state index is -0.555. The standard InChI is InChI=1S/C15H20N2O4S/c1-2-21-14(20)12-11(6-7-18)16-15(22)17-13(12)9-4-3-5-10(19)8-9/h3-5,8,11-13,18-19H,2,6-7H2,1H3,(H2,16,17,22). The first-order valence-electron chi connectivity index (χ1n) is 7.20. The van der Waals surface area contributed by atoms with Crippen LogP contribution >= 0.6 is 12.2 Å². The van der Waals surface area contributed by atoms with Crippen molar-refractivity contribution in [2.24, 2.45) is 5.92 Å². The lowest BCUT2D eigenvalue weighted by Crippen LogP contribution is -2.59. The van der Waals surface area contributed by atoms with Crippen molar-refractivity contribution in [2.45, 2.75) is 25.4 Å². The molecular formula is C15H20N2O4S. The van der Waals surface area contributed by atoms with Crippen LogP contribution in [0.5, 0.6) is 5.75 Å². The molecule has 22 heavy (non-hydrogen) atoms. The molecule has 1 aromatic carbocycles. The van der Waals surface area contributed by atoms with E-state index in [9.17, 15) is 15.0 Å². The topological polar surface area (TPSA) is 90.8 Å². The molecule has 0 saturated carbocycles. The van der Waals surface area contributed by atoms with E-state index in [0.717, 1.165) is 5.56 Å². The highest BCUT2D eigenvalue weighted by atomic mass is 32.1. The van der Waals surface area contributed by atoms with E-state index in [2.05, 4.69) is 10.6 Å². The summed E-state index contributed by atoms with van der Waals surface area (Å²) in [5.74, 6) is -0.803. The summed E-state index contributed by atoms with van der Waals surface area (Å²) < 4.78 is 5.17. The van der Waals surface area contributed by atoms with Gasteiger partial charge in [0.1, 0.15) is 11.7 Å². The number of phenolic OH excluding ortho intramolecular Hbond substituents is 1. The van der Waals surface area contributed by atoms with Crippen molar-refractivity contribution >= 4 is 23.3 Å². The lowest BCUT2D eigenvalue weighted by Gasteiger charge is -2.39. The van der Waals surface area contributed by atoms with E-state index in [4.69, 9.17) is 17.0 Å². The molecule has 1 heterocycles. The van der Waals surface area contributed by atoms with Gasteiger partial charge < -0.3 is 25.6 Å². The van der Waals surface area contributed by atoms with Gasteiger partial charge in [0.15, 0.2) is 5.11 Å². The zero-order valence-corrected chi connectivity index (χ0v) is 13.1. The number of aromatic hydroxyl groups is 1. The molecule has 0 bridgehead atoms. The fourth-order valence-electron chi connectivity index (χ4n) is 2.70. The van der Waals surface area contributed by atoms with Crippen molar-refractivity contribution < 1.29 is 19.7 Å². The number of rotatable bonds is 5. The van der Waals surface area contributed by atoms with Crippen molar-refractivity contribution in [1.29, 1.82) is 0 Å². The predicted molar refractivity (Wildman–Crippen MR) is 85.3 cm³/mol. The molecule has 120 valence electrons. The molecule has 0 aromatic heterocycles. The third kappa shape index (κ3) is 3.66. The van der Waals surface area contributed by atoms with Gasteiger partial charge in [-0.05, 0) is 43.3 Å². The van der Waals surface area contributed by atoms with Crippen molar-refractivity contribution in [3.05, 3.63) is 29.8 Å². The summed E-state index contributed by atoms with van der Waals surface area (Å²) in [6.45, 7) is 1.96. The van der Waals surface area contributed by atoms with Crippen LogP contribution in [0.4, 0.5) is 0 Å². The van der Waals surface area contributed by atoms with Crippen LogP contribution in [0.3, 0.4) is 0 Å². The van der Waals surface area contributed by atoms with Crippen molar-refractivity contribution in [2.75, 3.05) is 13.2 Å². The number of aliphatic hydroxyl groups is 1. The highest BCUT2D eigenvalue weighted by molar-refractivity contribution is 7.80. The van der Waals surface area contributed by atoms with E-state index in [-0.39, 0.29) is 31.0 Å². The monoisotopic (exact) mass is 324 g/mol. The lowest BCUT2D eigenvalue weighted by atomic mass is 9.84. The fourth-order valence-corrected chi connectivity index (χ4v) is 2.98. The molecule has 1 aliphatic heterocycles. The Morgan fingerprint density at radius 1 is 1.41 bits per heavy atom. The molecule has 4 N–H and O–H groups in total. The molecule has 7 heteroatoms. The number of benzene rings is 1. The van der Waals surface area contributed by atoms with Gasteiger partial charge in [-0.2, -0.15) is 0 Å². The van der Waals surface area contributed by atoms with Gasteiger partial charge in [-0.1, -0.05) is 12.1 Å². The van der Waals surface area contributed by atoms with Crippen molar-refractivity contribution in [3.8, 4) is 5.75 Å². The molecule has 1 saturated heterocycles. The molecule has 3 unspecified atom stereocenters. The molecule has 0 aliphatic carbocycles. The van der Waals surface area contributed by atoms with Crippen molar-refractivity contribution in [3.63, 3.8) is 0 Å². The summed E-state index contributed by atoms with van der Waals surface area (Å²) in [6, 6.07) is 5.93. The van der Waals surface area contributed by atoms with Gasteiger partial charge in [0, 0.05) is 12.6 Å². The van der Waals surface area contributed by atoms with Crippen LogP contribution in [-0.2, 0) is 9.53 Å². The van der Waals surface area contributed by atoms with Gasteiger partial charge in [0.25, 0.3) is 0 Å². The van der Waals surface area contributed by atoms with Gasteiger partial charge in [0.2, 0.25) is 0 Å². The van der Waals surface area contributed by atoms with E-state index in [1.54, 1.807) is 25.1 Å². The number of aliphatic hydroxyl groups excluding tert-OH is 1. The van der Waals surface area contributed by atoms with Crippen LogP contribution in [0.25, 0.3) is 0 Å². The Labute approximate surface area is 134 Å². The van der Waals surface area contributed by atoms with Crippen LogP contribution in [-0.4, -0.2) is 40.6 Å². The minimum Gasteiger partial charge on any atom is -0.508 e. The van der Waals surface area contributed by atoms with E-state index in [1.165, 1.54) is 0 Å². The maximum absolute atomic E-state index is 12.4. The Morgan fingerprint density at radius 2 is 2.18 bits per heavy atom. The molecule has 0 radical (unpaired) electrons. The molecule has 0 amide bonds. The van der Waals surface area contributed by atoms with E-state index >= 15 is 0 Å². The highest BCUT2D eigenvalue weighted by Crippen LogP contribution is 2.31.